The summed E-state index contributed by atoms with van der Waals surface area (Å²) < 4.78 is 36.2. The molecule has 1 rings (SSSR count). The molecule has 14 heavy (non-hydrogen) atoms. The molecule has 0 aliphatic heterocycles. The maximum absolute atomic E-state index is 11.9. The number of carboxylic acids is 1. The van der Waals surface area contributed by atoms with Crippen LogP contribution in [0.3, 0.4) is 0 Å². The molecule has 0 aliphatic carbocycles. The molecule has 0 aromatic carbocycles. The first kappa shape index (κ1) is 10.4. The summed E-state index contributed by atoms with van der Waals surface area (Å²) in [5.41, 5.74) is 4.43. The second-order valence-electron chi connectivity index (χ2n) is 2.53. The lowest BCUT2D eigenvalue weighted by atomic mass is 10.4. The van der Waals surface area contributed by atoms with Crippen LogP contribution >= 0.6 is 0 Å². The fourth-order valence-electron chi connectivity index (χ4n) is 0.943. The Bertz CT molecular complexity index is 358. The van der Waals surface area contributed by atoms with Crippen molar-refractivity contribution in [3.05, 3.63) is 12.0 Å². The van der Waals surface area contributed by atoms with Crippen LogP contribution in [0.5, 0.6) is 0 Å². The van der Waals surface area contributed by atoms with E-state index < -0.39 is 30.2 Å². The molecule has 1 heterocycles. The van der Waals surface area contributed by atoms with E-state index in [-0.39, 0.29) is 0 Å². The maximum Gasteiger partial charge on any atom is 0.406 e. The minimum Gasteiger partial charge on any atom is -0.476 e. The van der Waals surface area contributed by atoms with E-state index >= 15 is 0 Å². The molecular formula is C6H6F3N3O2. The van der Waals surface area contributed by atoms with Crippen LogP contribution in [0.2, 0.25) is 0 Å². The lowest BCUT2D eigenvalue weighted by Gasteiger charge is -2.08. The summed E-state index contributed by atoms with van der Waals surface area (Å²) in [4.78, 5) is 13.8. The number of imidazole rings is 1. The number of halogens is 3. The zero-order valence-corrected chi connectivity index (χ0v) is 6.75. The Labute approximate surface area is 76.0 Å². The van der Waals surface area contributed by atoms with E-state index in [1.54, 1.807) is 0 Å². The van der Waals surface area contributed by atoms with Crippen molar-refractivity contribution in [1.29, 1.82) is 0 Å². The number of aromatic carboxylic acids is 1. The quantitative estimate of drug-likeness (QED) is 0.752. The van der Waals surface area contributed by atoms with Crippen LogP contribution in [0.4, 0.5) is 19.0 Å². The number of rotatable bonds is 2. The van der Waals surface area contributed by atoms with E-state index in [4.69, 9.17) is 10.8 Å². The molecule has 0 radical (unpaired) electrons. The topological polar surface area (TPSA) is 81.1 Å². The highest BCUT2D eigenvalue weighted by Gasteiger charge is 2.30. The SMILES string of the molecule is Nc1ncn(CC(F)(F)F)c1C(=O)O. The van der Waals surface area contributed by atoms with E-state index in [9.17, 15) is 18.0 Å². The van der Waals surface area contributed by atoms with Crippen LogP contribution in [0, 0.1) is 0 Å². The second kappa shape index (κ2) is 3.20. The van der Waals surface area contributed by atoms with E-state index in [2.05, 4.69) is 4.98 Å². The van der Waals surface area contributed by atoms with Gasteiger partial charge < -0.3 is 15.4 Å². The molecule has 1 aromatic heterocycles. The molecule has 3 N–H and O–H groups in total. The van der Waals surface area contributed by atoms with Gasteiger partial charge in [-0.15, -0.1) is 0 Å². The predicted molar refractivity (Wildman–Crippen MR) is 39.7 cm³/mol. The molecule has 5 nitrogen and oxygen atoms in total. The third-order valence-electron chi connectivity index (χ3n) is 1.42. The number of nitrogen functional groups attached to an aromatic ring is 1. The lowest BCUT2D eigenvalue weighted by Crippen LogP contribution is -2.20. The Hall–Kier alpha value is -1.73. The maximum atomic E-state index is 11.9. The molecule has 0 aliphatic rings. The van der Waals surface area contributed by atoms with Gasteiger partial charge in [-0.05, 0) is 0 Å². The van der Waals surface area contributed by atoms with Crippen molar-refractivity contribution in [3.63, 3.8) is 0 Å². The van der Waals surface area contributed by atoms with Crippen LogP contribution in [0.1, 0.15) is 10.5 Å². The summed E-state index contributed by atoms with van der Waals surface area (Å²) in [6.45, 7) is -1.42. The van der Waals surface area contributed by atoms with Crippen molar-refractivity contribution in [3.8, 4) is 0 Å². The van der Waals surface area contributed by atoms with Crippen LogP contribution in [-0.2, 0) is 6.54 Å². The smallest absolute Gasteiger partial charge is 0.406 e. The van der Waals surface area contributed by atoms with Gasteiger partial charge in [0, 0.05) is 0 Å². The fourth-order valence-corrected chi connectivity index (χ4v) is 0.943. The summed E-state index contributed by atoms with van der Waals surface area (Å²) in [6.07, 6.45) is -3.76. The second-order valence-corrected chi connectivity index (χ2v) is 2.53. The first-order valence-electron chi connectivity index (χ1n) is 3.42. The molecule has 0 spiro atoms. The molecule has 0 fully saturated rings. The number of aromatic nitrogens is 2. The number of nitrogens with two attached hydrogens (primary N) is 1. The normalized spacial score (nSPS) is 11.6. The summed E-state index contributed by atoms with van der Waals surface area (Å²) in [6, 6.07) is 0. The number of anilines is 1. The molecule has 0 unspecified atom stereocenters. The van der Waals surface area contributed by atoms with Crippen LogP contribution in [-0.4, -0.2) is 26.8 Å². The highest BCUT2D eigenvalue weighted by Crippen LogP contribution is 2.20. The van der Waals surface area contributed by atoms with Gasteiger partial charge in [0.15, 0.2) is 11.5 Å². The van der Waals surface area contributed by atoms with Gasteiger partial charge in [-0.25, -0.2) is 9.78 Å². The fraction of sp³-hybridized carbons (Fsp3) is 0.333. The van der Waals surface area contributed by atoms with Gasteiger partial charge in [0.2, 0.25) is 0 Å². The lowest BCUT2D eigenvalue weighted by molar-refractivity contribution is -0.140. The first-order chi connectivity index (χ1) is 6.31. The van der Waals surface area contributed by atoms with Crippen molar-refractivity contribution >= 4 is 11.8 Å². The van der Waals surface area contributed by atoms with E-state index in [1.165, 1.54) is 0 Å². The van der Waals surface area contributed by atoms with Crippen LogP contribution < -0.4 is 5.73 Å². The summed E-state index contributed by atoms with van der Waals surface area (Å²) in [5, 5.41) is 8.52. The van der Waals surface area contributed by atoms with Crippen molar-refractivity contribution in [1.82, 2.24) is 9.55 Å². The largest absolute Gasteiger partial charge is 0.476 e. The van der Waals surface area contributed by atoms with Gasteiger partial charge in [-0.1, -0.05) is 0 Å². The Morgan fingerprint density at radius 2 is 2.21 bits per heavy atom. The Morgan fingerprint density at radius 3 is 2.64 bits per heavy atom. The number of carboxylic acid groups (broad SMARTS) is 1. The Morgan fingerprint density at radius 1 is 1.64 bits per heavy atom. The van der Waals surface area contributed by atoms with E-state index in [1.807, 2.05) is 0 Å². The molecule has 0 atom stereocenters. The van der Waals surface area contributed by atoms with Gasteiger partial charge in [0.1, 0.15) is 6.54 Å². The monoisotopic (exact) mass is 209 g/mol. The van der Waals surface area contributed by atoms with Crippen molar-refractivity contribution in [2.24, 2.45) is 0 Å². The average molecular weight is 209 g/mol. The van der Waals surface area contributed by atoms with Gasteiger partial charge in [0.25, 0.3) is 0 Å². The number of hydrogen-bond acceptors (Lipinski definition) is 3. The molecule has 0 bridgehead atoms. The molecule has 0 saturated heterocycles. The van der Waals surface area contributed by atoms with Crippen molar-refractivity contribution in [2.45, 2.75) is 12.7 Å². The first-order valence-corrected chi connectivity index (χ1v) is 3.42. The van der Waals surface area contributed by atoms with Crippen molar-refractivity contribution < 1.29 is 23.1 Å². The van der Waals surface area contributed by atoms with Gasteiger partial charge >= 0.3 is 12.1 Å². The van der Waals surface area contributed by atoms with Crippen molar-refractivity contribution in [2.75, 3.05) is 5.73 Å². The third-order valence-corrected chi connectivity index (χ3v) is 1.42. The van der Waals surface area contributed by atoms with Gasteiger partial charge in [-0.3, -0.25) is 0 Å². The minimum absolute atomic E-state index is 0.429. The highest BCUT2D eigenvalue weighted by molar-refractivity contribution is 5.90. The molecule has 78 valence electrons. The average Bonchev–Trinajstić information content (AvgIpc) is 2.27. The third kappa shape index (κ3) is 2.15. The zero-order valence-electron chi connectivity index (χ0n) is 6.75. The van der Waals surface area contributed by atoms with Crippen LogP contribution in [0.15, 0.2) is 6.33 Å². The summed E-state index contributed by atoms with van der Waals surface area (Å²) >= 11 is 0. The molecule has 1 aromatic rings. The Kier molecular flexibility index (Phi) is 2.37. The minimum atomic E-state index is -4.50. The standard InChI is InChI=1S/C6H6F3N3O2/c7-6(8,9)1-12-2-11-4(10)3(12)5(13)14/h2H,1,10H2,(H,13,14). The summed E-state index contributed by atoms with van der Waals surface area (Å²) in [7, 11) is 0. The zero-order chi connectivity index (χ0) is 10.9. The number of nitrogens with zero attached hydrogens (tertiary/aromatic N) is 2. The summed E-state index contributed by atoms with van der Waals surface area (Å²) in [5.74, 6) is -1.97. The number of carbonyl (C=O) groups is 1. The highest BCUT2D eigenvalue weighted by atomic mass is 19.4. The molecule has 0 amide bonds. The number of alkyl halides is 3. The van der Waals surface area contributed by atoms with Gasteiger partial charge in [0.05, 0.1) is 6.33 Å². The molecule has 0 saturated carbocycles. The van der Waals surface area contributed by atoms with Crippen LogP contribution in [0.25, 0.3) is 0 Å². The molecule has 8 heteroatoms. The van der Waals surface area contributed by atoms with E-state index in [0.717, 1.165) is 6.33 Å². The molecular weight excluding hydrogens is 203 g/mol. The Balaban J connectivity index is 3.04. The predicted octanol–water partition coefficient (Wildman–Crippen LogP) is 0.726. The van der Waals surface area contributed by atoms with Gasteiger partial charge in [-0.2, -0.15) is 13.2 Å². The van der Waals surface area contributed by atoms with E-state index in [0.29, 0.717) is 4.57 Å². The number of hydrogen-bond donors (Lipinski definition) is 2.